The van der Waals surface area contributed by atoms with Gasteiger partial charge in [0, 0.05) is 13.7 Å². The predicted octanol–water partition coefficient (Wildman–Crippen LogP) is 0.966. The van der Waals surface area contributed by atoms with E-state index in [-0.39, 0.29) is 29.3 Å². The van der Waals surface area contributed by atoms with Crippen molar-refractivity contribution < 1.29 is 22.3 Å². The SMILES string of the molecule is COCCOCCNS(=O)(=O)c1c(C)cc(F)c(N)c1C. The molecule has 0 aliphatic heterocycles. The van der Waals surface area contributed by atoms with E-state index in [1.165, 1.54) is 13.8 Å². The first-order valence-electron chi connectivity index (χ1n) is 6.42. The van der Waals surface area contributed by atoms with E-state index in [1.807, 2.05) is 0 Å². The molecule has 1 aromatic rings. The van der Waals surface area contributed by atoms with Crippen molar-refractivity contribution in [1.29, 1.82) is 0 Å². The number of benzene rings is 1. The Kier molecular flexibility index (Phi) is 6.53. The van der Waals surface area contributed by atoms with Crippen molar-refractivity contribution in [3.8, 4) is 0 Å². The van der Waals surface area contributed by atoms with Crippen LogP contribution >= 0.6 is 0 Å². The standard InChI is InChI=1S/C13H21FN2O4S/c1-9-8-11(14)12(15)10(2)13(9)21(17,18)16-4-5-20-7-6-19-3/h8,16H,4-7,15H2,1-3H3. The van der Waals surface area contributed by atoms with Gasteiger partial charge in [0.2, 0.25) is 10.0 Å². The highest BCUT2D eigenvalue weighted by Crippen LogP contribution is 2.27. The lowest BCUT2D eigenvalue weighted by atomic mass is 10.1. The van der Waals surface area contributed by atoms with E-state index in [2.05, 4.69) is 4.72 Å². The molecule has 120 valence electrons. The summed E-state index contributed by atoms with van der Waals surface area (Å²) in [4.78, 5) is 0.0123. The molecule has 0 radical (unpaired) electrons. The monoisotopic (exact) mass is 320 g/mol. The van der Waals surface area contributed by atoms with Gasteiger partial charge in [-0.3, -0.25) is 0 Å². The second kappa shape index (κ2) is 7.69. The highest BCUT2D eigenvalue weighted by atomic mass is 32.2. The molecule has 0 aliphatic rings. The highest BCUT2D eigenvalue weighted by Gasteiger charge is 2.22. The van der Waals surface area contributed by atoms with Crippen LogP contribution in [0.1, 0.15) is 11.1 Å². The van der Waals surface area contributed by atoms with Crippen LogP contribution in [-0.4, -0.2) is 41.9 Å². The van der Waals surface area contributed by atoms with Crippen molar-refractivity contribution in [1.82, 2.24) is 4.72 Å². The van der Waals surface area contributed by atoms with Gasteiger partial charge < -0.3 is 15.2 Å². The summed E-state index contributed by atoms with van der Waals surface area (Å²) in [7, 11) is -2.21. The molecule has 0 atom stereocenters. The number of aryl methyl sites for hydroxylation is 1. The van der Waals surface area contributed by atoms with Gasteiger partial charge in [0.25, 0.3) is 0 Å². The molecule has 0 bridgehead atoms. The zero-order valence-electron chi connectivity index (χ0n) is 12.4. The summed E-state index contributed by atoms with van der Waals surface area (Å²) in [5.41, 5.74) is 5.92. The number of sulfonamides is 1. The summed E-state index contributed by atoms with van der Waals surface area (Å²) in [6.45, 7) is 4.17. The number of nitrogen functional groups attached to an aromatic ring is 1. The molecule has 6 nitrogen and oxygen atoms in total. The number of hydrogen-bond donors (Lipinski definition) is 2. The van der Waals surface area contributed by atoms with E-state index >= 15 is 0 Å². The fourth-order valence-electron chi connectivity index (χ4n) is 1.91. The lowest BCUT2D eigenvalue weighted by Gasteiger charge is -2.14. The summed E-state index contributed by atoms with van der Waals surface area (Å²) in [6, 6.07) is 1.12. The third kappa shape index (κ3) is 4.63. The second-order valence-electron chi connectivity index (χ2n) is 4.55. The van der Waals surface area contributed by atoms with Gasteiger partial charge in [-0.15, -0.1) is 0 Å². The van der Waals surface area contributed by atoms with Crippen molar-refractivity contribution in [3.05, 3.63) is 23.0 Å². The Balaban J connectivity index is 2.78. The zero-order valence-corrected chi connectivity index (χ0v) is 13.2. The Morgan fingerprint density at radius 3 is 2.57 bits per heavy atom. The normalized spacial score (nSPS) is 11.8. The molecule has 0 aromatic heterocycles. The topological polar surface area (TPSA) is 90.6 Å². The van der Waals surface area contributed by atoms with Crippen molar-refractivity contribution in [2.24, 2.45) is 0 Å². The van der Waals surface area contributed by atoms with Crippen molar-refractivity contribution in [3.63, 3.8) is 0 Å². The van der Waals surface area contributed by atoms with Gasteiger partial charge in [-0.25, -0.2) is 17.5 Å². The summed E-state index contributed by atoms with van der Waals surface area (Å²) < 4.78 is 50.4. The van der Waals surface area contributed by atoms with E-state index in [0.717, 1.165) is 6.07 Å². The second-order valence-corrected chi connectivity index (χ2v) is 6.25. The van der Waals surface area contributed by atoms with Crippen LogP contribution < -0.4 is 10.5 Å². The smallest absolute Gasteiger partial charge is 0.241 e. The molecule has 0 fully saturated rings. The lowest BCUT2D eigenvalue weighted by molar-refractivity contribution is 0.0736. The first kappa shape index (κ1) is 17.8. The molecule has 3 N–H and O–H groups in total. The molecule has 0 amide bonds. The van der Waals surface area contributed by atoms with Gasteiger partial charge in [0.05, 0.1) is 30.4 Å². The minimum atomic E-state index is -3.76. The van der Waals surface area contributed by atoms with E-state index in [1.54, 1.807) is 7.11 Å². The van der Waals surface area contributed by atoms with Crippen molar-refractivity contribution in [2.45, 2.75) is 18.7 Å². The maximum absolute atomic E-state index is 13.5. The molecule has 0 heterocycles. The number of hydrogen-bond acceptors (Lipinski definition) is 5. The van der Waals surface area contributed by atoms with Crippen LogP contribution in [0, 0.1) is 19.7 Å². The van der Waals surface area contributed by atoms with Crippen LogP contribution in [0.5, 0.6) is 0 Å². The maximum atomic E-state index is 13.5. The predicted molar refractivity (Wildman–Crippen MR) is 78.2 cm³/mol. The molecular formula is C13H21FN2O4S. The Bertz CT molecular complexity index is 590. The van der Waals surface area contributed by atoms with Gasteiger partial charge in [0.15, 0.2) is 0 Å². The Morgan fingerprint density at radius 2 is 1.95 bits per heavy atom. The summed E-state index contributed by atoms with van der Waals surface area (Å²) in [6.07, 6.45) is 0. The highest BCUT2D eigenvalue weighted by molar-refractivity contribution is 7.89. The summed E-state index contributed by atoms with van der Waals surface area (Å²) in [5.74, 6) is -0.619. The fraction of sp³-hybridized carbons (Fsp3) is 0.538. The summed E-state index contributed by atoms with van der Waals surface area (Å²) >= 11 is 0. The first-order valence-corrected chi connectivity index (χ1v) is 7.91. The van der Waals surface area contributed by atoms with Crippen LogP contribution in [0.2, 0.25) is 0 Å². The molecule has 1 aromatic carbocycles. The quantitative estimate of drug-likeness (QED) is 0.550. The summed E-state index contributed by atoms with van der Waals surface area (Å²) in [5, 5.41) is 0. The van der Waals surface area contributed by atoms with Gasteiger partial charge in [-0.1, -0.05) is 0 Å². The van der Waals surface area contributed by atoms with E-state index in [0.29, 0.717) is 18.8 Å². The number of ether oxygens (including phenoxy) is 2. The Labute approximate surface area is 124 Å². The molecule has 0 aliphatic carbocycles. The third-order valence-electron chi connectivity index (χ3n) is 2.94. The molecular weight excluding hydrogens is 299 g/mol. The minimum Gasteiger partial charge on any atom is -0.396 e. The fourth-order valence-corrected chi connectivity index (χ4v) is 3.40. The largest absolute Gasteiger partial charge is 0.396 e. The third-order valence-corrected chi connectivity index (χ3v) is 4.69. The molecule has 0 saturated carbocycles. The van der Waals surface area contributed by atoms with Gasteiger partial charge in [-0.05, 0) is 31.0 Å². The average molecular weight is 320 g/mol. The molecule has 0 saturated heterocycles. The number of halogens is 1. The lowest BCUT2D eigenvalue weighted by Crippen LogP contribution is -2.29. The Hall–Kier alpha value is -1.22. The number of nitrogens with one attached hydrogen (secondary N) is 1. The van der Waals surface area contributed by atoms with Crippen LogP contribution in [0.15, 0.2) is 11.0 Å². The zero-order chi connectivity index (χ0) is 16.0. The van der Waals surface area contributed by atoms with E-state index < -0.39 is 15.8 Å². The number of nitrogens with two attached hydrogens (primary N) is 1. The van der Waals surface area contributed by atoms with Crippen LogP contribution in [0.4, 0.5) is 10.1 Å². The molecule has 0 unspecified atom stereocenters. The average Bonchev–Trinajstić information content (AvgIpc) is 2.40. The number of anilines is 1. The van der Waals surface area contributed by atoms with Crippen molar-refractivity contribution in [2.75, 3.05) is 39.2 Å². The Morgan fingerprint density at radius 1 is 1.29 bits per heavy atom. The van der Waals surface area contributed by atoms with Crippen LogP contribution in [0.25, 0.3) is 0 Å². The molecule has 21 heavy (non-hydrogen) atoms. The molecule has 1 rings (SSSR count). The van der Waals surface area contributed by atoms with E-state index in [4.69, 9.17) is 15.2 Å². The van der Waals surface area contributed by atoms with Gasteiger partial charge in [0.1, 0.15) is 5.82 Å². The molecule has 8 heteroatoms. The van der Waals surface area contributed by atoms with E-state index in [9.17, 15) is 12.8 Å². The van der Waals surface area contributed by atoms with Gasteiger partial charge in [-0.2, -0.15) is 0 Å². The number of methoxy groups -OCH3 is 1. The minimum absolute atomic E-state index is 0.0123. The molecule has 0 spiro atoms. The van der Waals surface area contributed by atoms with Crippen molar-refractivity contribution >= 4 is 15.7 Å². The van der Waals surface area contributed by atoms with Crippen LogP contribution in [-0.2, 0) is 19.5 Å². The maximum Gasteiger partial charge on any atom is 0.241 e. The van der Waals surface area contributed by atoms with Gasteiger partial charge >= 0.3 is 0 Å². The first-order chi connectivity index (χ1) is 9.81. The van der Waals surface area contributed by atoms with Crippen LogP contribution in [0.3, 0.4) is 0 Å². The number of rotatable bonds is 8.